The van der Waals surface area contributed by atoms with E-state index in [-0.39, 0.29) is 23.7 Å². The number of carbonyl (C=O) groups is 3. The summed E-state index contributed by atoms with van der Waals surface area (Å²) in [6.45, 7) is 6.86. The molecular weight excluding hydrogens is 372 g/mol. The van der Waals surface area contributed by atoms with Crippen LogP contribution in [0.25, 0.3) is 0 Å². The number of amides is 1. The first-order valence-corrected chi connectivity index (χ1v) is 9.74. The number of rotatable bonds is 7. The van der Waals surface area contributed by atoms with Crippen molar-refractivity contribution in [2.24, 2.45) is 0 Å². The lowest BCUT2D eigenvalue weighted by Gasteiger charge is -2.18. The van der Waals surface area contributed by atoms with Gasteiger partial charge >= 0.3 is 11.9 Å². The molecule has 29 heavy (non-hydrogen) atoms. The van der Waals surface area contributed by atoms with E-state index in [9.17, 15) is 14.4 Å². The first-order chi connectivity index (χ1) is 13.8. The van der Waals surface area contributed by atoms with E-state index in [1.807, 2.05) is 6.07 Å². The molecule has 154 valence electrons. The van der Waals surface area contributed by atoms with Crippen LogP contribution in [0, 0.1) is 13.8 Å². The van der Waals surface area contributed by atoms with E-state index in [1.54, 1.807) is 52.0 Å². The highest BCUT2D eigenvalue weighted by Crippen LogP contribution is 2.26. The standard InChI is InChI=1S/C22H26N2O5/c1-12(2)28-21(26)17-13(3)18(23-14(17)4)22(27)29-19(15-8-6-5-7-9-15)20(25)24-16-10-11-16/h5-9,12,16,19,23H,10-11H2,1-4H3,(H,24,25)/t19-/m0/s1. The van der Waals surface area contributed by atoms with Crippen molar-refractivity contribution in [1.29, 1.82) is 0 Å². The SMILES string of the molecule is Cc1[nH]c(C(=O)O[C@H](C(=O)NC2CC2)c2ccccc2)c(C)c1C(=O)OC(C)C. The zero-order chi connectivity index (χ0) is 21.1. The number of hydrogen-bond acceptors (Lipinski definition) is 5. The van der Waals surface area contributed by atoms with Crippen molar-refractivity contribution in [2.75, 3.05) is 0 Å². The van der Waals surface area contributed by atoms with Gasteiger partial charge in [0.15, 0.2) is 0 Å². The average Bonchev–Trinajstić information content (AvgIpc) is 3.42. The molecule has 0 bridgehead atoms. The third-order valence-electron chi connectivity index (χ3n) is 4.68. The molecule has 2 aromatic rings. The quantitative estimate of drug-likeness (QED) is 0.697. The largest absolute Gasteiger partial charge is 0.459 e. The van der Waals surface area contributed by atoms with E-state index in [1.165, 1.54) is 0 Å². The summed E-state index contributed by atoms with van der Waals surface area (Å²) in [5.74, 6) is -1.56. The Kier molecular flexibility index (Phi) is 6.06. The molecular formula is C22H26N2O5. The predicted octanol–water partition coefficient (Wildman–Crippen LogP) is 3.37. The van der Waals surface area contributed by atoms with Crippen LogP contribution < -0.4 is 5.32 Å². The van der Waals surface area contributed by atoms with Gasteiger partial charge in [-0.1, -0.05) is 30.3 Å². The molecule has 1 amide bonds. The molecule has 1 atom stereocenters. The van der Waals surface area contributed by atoms with E-state index in [0.29, 0.717) is 22.4 Å². The second kappa shape index (κ2) is 8.51. The van der Waals surface area contributed by atoms with Gasteiger partial charge in [0.05, 0.1) is 11.7 Å². The Morgan fingerprint density at radius 3 is 2.28 bits per heavy atom. The number of hydrogen-bond donors (Lipinski definition) is 2. The second-order valence-corrected chi connectivity index (χ2v) is 7.56. The molecule has 1 aliphatic carbocycles. The van der Waals surface area contributed by atoms with E-state index >= 15 is 0 Å². The van der Waals surface area contributed by atoms with Gasteiger partial charge in [0, 0.05) is 17.3 Å². The van der Waals surface area contributed by atoms with Crippen molar-refractivity contribution >= 4 is 17.8 Å². The van der Waals surface area contributed by atoms with Crippen molar-refractivity contribution in [3.63, 3.8) is 0 Å². The normalized spacial score (nSPS) is 14.4. The Balaban J connectivity index is 1.84. The number of aryl methyl sites for hydroxylation is 1. The van der Waals surface area contributed by atoms with Gasteiger partial charge in [-0.15, -0.1) is 0 Å². The van der Waals surface area contributed by atoms with Crippen LogP contribution in [0.3, 0.4) is 0 Å². The molecule has 0 radical (unpaired) electrons. The van der Waals surface area contributed by atoms with Gasteiger partial charge in [-0.3, -0.25) is 4.79 Å². The number of carbonyl (C=O) groups excluding carboxylic acids is 3. The summed E-state index contributed by atoms with van der Waals surface area (Å²) < 4.78 is 10.8. The van der Waals surface area contributed by atoms with E-state index in [2.05, 4.69) is 10.3 Å². The Labute approximate surface area is 169 Å². The van der Waals surface area contributed by atoms with Crippen LogP contribution in [0.2, 0.25) is 0 Å². The number of benzene rings is 1. The van der Waals surface area contributed by atoms with E-state index in [0.717, 1.165) is 12.8 Å². The van der Waals surface area contributed by atoms with Gasteiger partial charge in [0.25, 0.3) is 5.91 Å². The molecule has 0 saturated heterocycles. The van der Waals surface area contributed by atoms with Gasteiger partial charge in [-0.25, -0.2) is 9.59 Å². The highest BCUT2D eigenvalue weighted by molar-refractivity contribution is 5.99. The van der Waals surface area contributed by atoms with Gasteiger partial charge in [-0.05, 0) is 46.1 Å². The summed E-state index contributed by atoms with van der Waals surface area (Å²) in [6.07, 6.45) is 0.507. The fourth-order valence-electron chi connectivity index (χ4n) is 3.10. The minimum absolute atomic E-state index is 0.137. The summed E-state index contributed by atoms with van der Waals surface area (Å²) in [5, 5.41) is 2.88. The van der Waals surface area contributed by atoms with Crippen molar-refractivity contribution in [3.05, 3.63) is 58.4 Å². The minimum atomic E-state index is -1.07. The first-order valence-electron chi connectivity index (χ1n) is 9.74. The van der Waals surface area contributed by atoms with Gasteiger partial charge in [0.1, 0.15) is 5.69 Å². The molecule has 1 saturated carbocycles. The average molecular weight is 398 g/mol. The van der Waals surface area contributed by atoms with E-state index in [4.69, 9.17) is 9.47 Å². The topological polar surface area (TPSA) is 97.5 Å². The molecule has 3 rings (SSSR count). The van der Waals surface area contributed by atoms with Crippen LogP contribution in [0.4, 0.5) is 0 Å². The van der Waals surface area contributed by atoms with Crippen LogP contribution in [-0.2, 0) is 14.3 Å². The fraction of sp³-hybridized carbons (Fsp3) is 0.409. The summed E-state index contributed by atoms with van der Waals surface area (Å²) in [5.41, 5.74) is 1.98. The molecule has 0 aliphatic heterocycles. The smallest absolute Gasteiger partial charge is 0.356 e. The Morgan fingerprint density at radius 1 is 1.03 bits per heavy atom. The summed E-state index contributed by atoms with van der Waals surface area (Å²) in [4.78, 5) is 40.8. The first kappa shape index (κ1) is 20.6. The summed E-state index contributed by atoms with van der Waals surface area (Å²) in [6, 6.07) is 9.01. The number of nitrogens with one attached hydrogen (secondary N) is 2. The molecule has 0 unspecified atom stereocenters. The Morgan fingerprint density at radius 2 is 1.69 bits per heavy atom. The van der Waals surface area contributed by atoms with Crippen LogP contribution in [0.1, 0.15) is 70.5 Å². The monoisotopic (exact) mass is 398 g/mol. The number of aromatic nitrogens is 1. The Hall–Kier alpha value is -3.09. The Bertz CT molecular complexity index is 913. The second-order valence-electron chi connectivity index (χ2n) is 7.56. The van der Waals surface area contributed by atoms with Gasteiger partial charge in [0.2, 0.25) is 6.10 Å². The molecule has 1 aromatic heterocycles. The van der Waals surface area contributed by atoms with Crippen LogP contribution >= 0.6 is 0 Å². The zero-order valence-corrected chi connectivity index (χ0v) is 17.1. The molecule has 2 N–H and O–H groups in total. The van der Waals surface area contributed by atoms with Crippen LogP contribution in [-0.4, -0.2) is 35.0 Å². The van der Waals surface area contributed by atoms with Crippen molar-refractivity contribution in [2.45, 2.75) is 58.8 Å². The molecule has 7 nitrogen and oxygen atoms in total. The molecule has 1 aliphatic rings. The maximum absolute atomic E-state index is 12.9. The predicted molar refractivity (Wildman–Crippen MR) is 107 cm³/mol. The maximum Gasteiger partial charge on any atom is 0.356 e. The molecule has 1 aromatic carbocycles. The molecule has 7 heteroatoms. The molecule has 1 heterocycles. The van der Waals surface area contributed by atoms with Gasteiger partial charge < -0.3 is 19.8 Å². The van der Waals surface area contributed by atoms with Crippen molar-refractivity contribution in [3.8, 4) is 0 Å². The number of esters is 2. The van der Waals surface area contributed by atoms with Crippen molar-refractivity contribution < 1.29 is 23.9 Å². The minimum Gasteiger partial charge on any atom is -0.459 e. The highest BCUT2D eigenvalue weighted by atomic mass is 16.6. The maximum atomic E-state index is 12.9. The highest BCUT2D eigenvalue weighted by Gasteiger charge is 2.32. The van der Waals surface area contributed by atoms with Gasteiger partial charge in [-0.2, -0.15) is 0 Å². The lowest BCUT2D eigenvalue weighted by atomic mass is 10.1. The number of ether oxygens (including phenoxy) is 2. The number of H-pyrrole nitrogens is 1. The molecule has 1 fully saturated rings. The molecule has 0 spiro atoms. The lowest BCUT2D eigenvalue weighted by molar-refractivity contribution is -0.130. The lowest BCUT2D eigenvalue weighted by Crippen LogP contribution is -2.33. The van der Waals surface area contributed by atoms with Crippen LogP contribution in [0.15, 0.2) is 30.3 Å². The zero-order valence-electron chi connectivity index (χ0n) is 17.1. The third-order valence-corrected chi connectivity index (χ3v) is 4.68. The van der Waals surface area contributed by atoms with Crippen molar-refractivity contribution in [1.82, 2.24) is 10.3 Å². The number of aromatic amines is 1. The van der Waals surface area contributed by atoms with Crippen LogP contribution in [0.5, 0.6) is 0 Å². The fourth-order valence-corrected chi connectivity index (χ4v) is 3.10. The third kappa shape index (κ3) is 4.85. The van der Waals surface area contributed by atoms with E-state index < -0.39 is 18.0 Å². The summed E-state index contributed by atoms with van der Waals surface area (Å²) >= 11 is 0. The summed E-state index contributed by atoms with van der Waals surface area (Å²) in [7, 11) is 0.